The third-order valence-electron chi connectivity index (χ3n) is 6.64. The average Bonchev–Trinajstić information content (AvgIpc) is 3.17. The van der Waals surface area contributed by atoms with Crippen molar-refractivity contribution in [2.24, 2.45) is 17.5 Å². The number of aryl methyl sites for hydroxylation is 1. The SMILES string of the molecule is CCOC1CC(NC(=NC)N2CCC(c3cnn(C)c3)C2)C12CCC2. The number of nitrogens with one attached hydrogen (secondary N) is 1. The molecule has 3 unspecified atom stereocenters. The first-order valence-corrected chi connectivity index (χ1v) is 9.74. The number of aromatic nitrogens is 2. The quantitative estimate of drug-likeness (QED) is 0.671. The molecule has 25 heavy (non-hydrogen) atoms. The van der Waals surface area contributed by atoms with E-state index in [9.17, 15) is 0 Å². The molecule has 4 rings (SSSR count). The lowest BCUT2D eigenvalue weighted by Gasteiger charge is -2.61. The van der Waals surface area contributed by atoms with Crippen LogP contribution in [0.15, 0.2) is 17.4 Å². The molecule has 1 saturated heterocycles. The van der Waals surface area contributed by atoms with Crippen LogP contribution in [0.2, 0.25) is 0 Å². The van der Waals surface area contributed by atoms with Crippen LogP contribution in [-0.4, -0.2) is 59.5 Å². The Kier molecular flexibility index (Phi) is 4.48. The van der Waals surface area contributed by atoms with Crippen LogP contribution in [0, 0.1) is 5.41 Å². The maximum absolute atomic E-state index is 5.98. The molecule has 2 heterocycles. The van der Waals surface area contributed by atoms with E-state index < -0.39 is 0 Å². The average molecular weight is 345 g/mol. The van der Waals surface area contributed by atoms with Crippen molar-refractivity contribution >= 4 is 5.96 Å². The van der Waals surface area contributed by atoms with Gasteiger partial charge in [-0.1, -0.05) is 6.42 Å². The second-order valence-electron chi connectivity index (χ2n) is 7.89. The highest BCUT2D eigenvalue weighted by Crippen LogP contribution is 2.57. The van der Waals surface area contributed by atoms with Crippen molar-refractivity contribution in [3.05, 3.63) is 18.0 Å². The number of ether oxygens (including phenoxy) is 1. The predicted octanol–water partition coefficient (Wildman–Crippen LogP) is 2.13. The third-order valence-corrected chi connectivity index (χ3v) is 6.64. The fraction of sp³-hybridized carbons (Fsp3) is 0.789. The van der Waals surface area contributed by atoms with Crippen molar-refractivity contribution in [2.45, 2.75) is 57.1 Å². The van der Waals surface area contributed by atoms with Crippen molar-refractivity contribution in [3.63, 3.8) is 0 Å². The minimum absolute atomic E-state index is 0.369. The summed E-state index contributed by atoms with van der Waals surface area (Å²) in [6, 6.07) is 0.522. The van der Waals surface area contributed by atoms with Crippen LogP contribution in [0.4, 0.5) is 0 Å². The first-order valence-electron chi connectivity index (χ1n) is 9.74. The fourth-order valence-electron chi connectivity index (χ4n) is 4.97. The van der Waals surface area contributed by atoms with Gasteiger partial charge in [0.05, 0.1) is 12.3 Å². The van der Waals surface area contributed by atoms with Gasteiger partial charge in [0.25, 0.3) is 0 Å². The number of guanidine groups is 1. The lowest BCUT2D eigenvalue weighted by atomic mass is 9.51. The van der Waals surface area contributed by atoms with Crippen molar-refractivity contribution < 1.29 is 4.74 Å². The smallest absolute Gasteiger partial charge is 0.193 e. The van der Waals surface area contributed by atoms with Crippen LogP contribution < -0.4 is 5.32 Å². The second kappa shape index (κ2) is 6.63. The molecule has 1 aromatic rings. The summed E-state index contributed by atoms with van der Waals surface area (Å²) in [5, 5.41) is 8.10. The summed E-state index contributed by atoms with van der Waals surface area (Å²) in [4.78, 5) is 7.00. The van der Waals surface area contributed by atoms with Gasteiger partial charge in [-0.2, -0.15) is 5.10 Å². The normalized spacial score (nSPS) is 31.1. The van der Waals surface area contributed by atoms with Gasteiger partial charge < -0.3 is 15.0 Å². The van der Waals surface area contributed by atoms with Crippen LogP contribution in [0.5, 0.6) is 0 Å². The van der Waals surface area contributed by atoms with Gasteiger partial charge in [0, 0.05) is 57.4 Å². The molecule has 6 heteroatoms. The maximum atomic E-state index is 5.98. The third kappa shape index (κ3) is 2.84. The number of nitrogens with zero attached hydrogens (tertiary/aromatic N) is 4. The molecule has 3 fully saturated rings. The van der Waals surface area contributed by atoms with Gasteiger partial charge >= 0.3 is 0 Å². The lowest BCUT2D eigenvalue weighted by Crippen LogP contribution is -2.68. The lowest BCUT2D eigenvalue weighted by molar-refractivity contribution is -0.168. The van der Waals surface area contributed by atoms with E-state index in [4.69, 9.17) is 4.74 Å². The van der Waals surface area contributed by atoms with E-state index in [1.165, 1.54) is 31.2 Å². The van der Waals surface area contributed by atoms with Gasteiger partial charge in [-0.15, -0.1) is 0 Å². The standard InChI is InChI=1S/C19H31N5O/c1-4-25-17-10-16(19(17)7-5-8-19)22-18(20-2)24-9-6-14(13-24)15-11-21-23(3)12-15/h11-12,14,16-17H,4-10,13H2,1-3H3,(H,20,22). The van der Waals surface area contributed by atoms with Gasteiger partial charge in [-0.05, 0) is 38.2 Å². The van der Waals surface area contributed by atoms with E-state index in [1.807, 2.05) is 25.0 Å². The molecular weight excluding hydrogens is 314 g/mol. The second-order valence-corrected chi connectivity index (χ2v) is 7.89. The molecule has 0 aromatic carbocycles. The molecule has 6 nitrogen and oxygen atoms in total. The minimum atomic E-state index is 0.369. The van der Waals surface area contributed by atoms with E-state index in [0.717, 1.165) is 32.1 Å². The van der Waals surface area contributed by atoms with Crippen molar-refractivity contribution in [1.29, 1.82) is 0 Å². The van der Waals surface area contributed by atoms with E-state index in [1.54, 1.807) is 0 Å². The van der Waals surface area contributed by atoms with Crippen LogP contribution in [0.3, 0.4) is 0 Å². The van der Waals surface area contributed by atoms with Gasteiger partial charge in [-0.25, -0.2) is 0 Å². The zero-order chi connectivity index (χ0) is 17.4. The Morgan fingerprint density at radius 1 is 1.48 bits per heavy atom. The van der Waals surface area contributed by atoms with Crippen LogP contribution >= 0.6 is 0 Å². The maximum Gasteiger partial charge on any atom is 0.193 e. The Morgan fingerprint density at radius 3 is 2.92 bits per heavy atom. The highest BCUT2D eigenvalue weighted by molar-refractivity contribution is 5.81. The summed E-state index contributed by atoms with van der Waals surface area (Å²) < 4.78 is 7.88. The van der Waals surface area contributed by atoms with Crippen molar-refractivity contribution in [1.82, 2.24) is 20.0 Å². The van der Waals surface area contributed by atoms with E-state index in [-0.39, 0.29) is 0 Å². The molecule has 1 spiro atoms. The van der Waals surface area contributed by atoms with E-state index in [0.29, 0.717) is 23.5 Å². The number of hydrogen-bond donors (Lipinski definition) is 1. The molecule has 2 saturated carbocycles. The predicted molar refractivity (Wildman–Crippen MR) is 98.7 cm³/mol. The molecule has 0 bridgehead atoms. The van der Waals surface area contributed by atoms with Gasteiger partial charge in [0.15, 0.2) is 5.96 Å². The molecule has 0 radical (unpaired) electrons. The molecule has 2 aliphatic carbocycles. The molecule has 3 aliphatic rings. The highest BCUT2D eigenvalue weighted by Gasteiger charge is 2.59. The first-order chi connectivity index (χ1) is 12.2. The van der Waals surface area contributed by atoms with Crippen molar-refractivity contribution in [3.8, 4) is 0 Å². The molecule has 1 aromatic heterocycles. The van der Waals surface area contributed by atoms with Crippen LogP contribution in [0.25, 0.3) is 0 Å². The van der Waals surface area contributed by atoms with Gasteiger partial charge in [0.2, 0.25) is 0 Å². The Morgan fingerprint density at radius 2 is 2.32 bits per heavy atom. The van der Waals surface area contributed by atoms with Gasteiger partial charge in [-0.3, -0.25) is 9.67 Å². The first kappa shape index (κ1) is 16.9. The highest BCUT2D eigenvalue weighted by atomic mass is 16.5. The fourth-order valence-corrected chi connectivity index (χ4v) is 4.97. The zero-order valence-electron chi connectivity index (χ0n) is 15.7. The summed E-state index contributed by atoms with van der Waals surface area (Å²) in [6.45, 7) is 5.02. The number of aliphatic imine (C=N–C) groups is 1. The largest absolute Gasteiger partial charge is 0.378 e. The molecule has 1 N–H and O–H groups in total. The molecule has 138 valence electrons. The molecule has 0 amide bonds. The summed E-state index contributed by atoms with van der Waals surface area (Å²) >= 11 is 0. The van der Waals surface area contributed by atoms with Gasteiger partial charge in [0.1, 0.15) is 0 Å². The summed E-state index contributed by atoms with van der Waals surface area (Å²) in [6.07, 6.45) is 10.8. The zero-order valence-corrected chi connectivity index (χ0v) is 15.7. The van der Waals surface area contributed by atoms with Crippen molar-refractivity contribution in [2.75, 3.05) is 26.7 Å². The van der Waals surface area contributed by atoms with E-state index >= 15 is 0 Å². The Hall–Kier alpha value is -1.56. The summed E-state index contributed by atoms with van der Waals surface area (Å²) in [5.74, 6) is 1.63. The summed E-state index contributed by atoms with van der Waals surface area (Å²) in [7, 11) is 3.89. The molecule has 1 aliphatic heterocycles. The molecule has 3 atom stereocenters. The topological polar surface area (TPSA) is 54.7 Å². The number of hydrogen-bond acceptors (Lipinski definition) is 3. The monoisotopic (exact) mass is 345 g/mol. The summed E-state index contributed by atoms with van der Waals surface area (Å²) in [5.41, 5.74) is 1.71. The minimum Gasteiger partial charge on any atom is -0.378 e. The van der Waals surface area contributed by atoms with Crippen LogP contribution in [-0.2, 0) is 11.8 Å². The Balaban J connectivity index is 1.37. The van der Waals surface area contributed by atoms with Crippen LogP contribution in [0.1, 0.15) is 50.5 Å². The van der Waals surface area contributed by atoms with E-state index in [2.05, 4.69) is 33.4 Å². The molecular formula is C19H31N5O. The Labute approximate surface area is 150 Å². The number of likely N-dealkylation sites (tertiary alicyclic amines) is 1. The Bertz CT molecular complexity index is 636. The number of rotatable bonds is 4.